The number of aromatic nitrogens is 2. The molecular formula is C24H22N2OS2. The first-order chi connectivity index (χ1) is 14.2. The van der Waals surface area contributed by atoms with Gasteiger partial charge in [0.05, 0.1) is 16.6 Å². The van der Waals surface area contributed by atoms with Crippen LogP contribution in [0.1, 0.15) is 18.1 Å². The van der Waals surface area contributed by atoms with Gasteiger partial charge in [-0.3, -0.25) is 9.36 Å². The minimum Gasteiger partial charge on any atom is -0.268 e. The predicted octanol–water partition coefficient (Wildman–Crippen LogP) is 5.96. The normalized spacial score (nSPS) is 11.1. The van der Waals surface area contributed by atoms with E-state index >= 15 is 0 Å². The maximum absolute atomic E-state index is 13.3. The van der Waals surface area contributed by atoms with Crippen LogP contribution in [0.2, 0.25) is 0 Å². The number of aryl methyl sites for hydroxylation is 1. The second kappa shape index (κ2) is 8.89. The van der Waals surface area contributed by atoms with Gasteiger partial charge in [0.25, 0.3) is 5.56 Å². The van der Waals surface area contributed by atoms with E-state index in [1.54, 1.807) is 28.1 Å². The molecule has 0 atom stereocenters. The molecule has 4 rings (SSSR count). The molecule has 0 fully saturated rings. The van der Waals surface area contributed by atoms with Crippen molar-refractivity contribution in [1.82, 2.24) is 9.55 Å². The SMILES string of the molecule is CCc1ccc(-n2c(SCc3ccc(SC)cc3)nc3ccccc3c2=O)cc1. The average molecular weight is 419 g/mol. The molecule has 0 aliphatic heterocycles. The fourth-order valence-electron chi connectivity index (χ4n) is 3.19. The van der Waals surface area contributed by atoms with E-state index in [1.165, 1.54) is 16.0 Å². The van der Waals surface area contributed by atoms with Gasteiger partial charge in [-0.15, -0.1) is 11.8 Å². The summed E-state index contributed by atoms with van der Waals surface area (Å²) in [6.07, 6.45) is 3.05. The average Bonchev–Trinajstić information content (AvgIpc) is 2.78. The third-order valence-corrected chi connectivity index (χ3v) is 6.63. The van der Waals surface area contributed by atoms with E-state index in [0.717, 1.165) is 23.4 Å². The van der Waals surface area contributed by atoms with Crippen molar-refractivity contribution in [3.8, 4) is 5.69 Å². The largest absolute Gasteiger partial charge is 0.268 e. The van der Waals surface area contributed by atoms with Crippen LogP contribution in [0.4, 0.5) is 0 Å². The van der Waals surface area contributed by atoms with Gasteiger partial charge in [0.15, 0.2) is 5.16 Å². The second-order valence-corrected chi connectivity index (χ2v) is 8.53. The lowest BCUT2D eigenvalue weighted by Crippen LogP contribution is -2.21. The van der Waals surface area contributed by atoms with Crippen molar-refractivity contribution in [3.05, 3.63) is 94.3 Å². The first-order valence-electron chi connectivity index (χ1n) is 9.56. The fourth-order valence-corrected chi connectivity index (χ4v) is 4.56. The molecule has 1 heterocycles. The maximum atomic E-state index is 13.3. The highest BCUT2D eigenvalue weighted by Gasteiger charge is 2.13. The number of benzene rings is 3. The van der Waals surface area contributed by atoms with Gasteiger partial charge < -0.3 is 0 Å². The number of thioether (sulfide) groups is 2. The van der Waals surface area contributed by atoms with Crippen molar-refractivity contribution in [1.29, 1.82) is 0 Å². The molecule has 0 aliphatic rings. The van der Waals surface area contributed by atoms with Gasteiger partial charge in [-0.1, -0.05) is 55.1 Å². The number of nitrogens with zero attached hydrogens (tertiary/aromatic N) is 2. The van der Waals surface area contributed by atoms with Crippen LogP contribution in [-0.4, -0.2) is 15.8 Å². The molecule has 146 valence electrons. The van der Waals surface area contributed by atoms with Gasteiger partial charge in [-0.05, 0) is 60.2 Å². The molecular weight excluding hydrogens is 396 g/mol. The second-order valence-electron chi connectivity index (χ2n) is 6.71. The minimum absolute atomic E-state index is 0.0277. The van der Waals surface area contributed by atoms with Crippen LogP contribution < -0.4 is 5.56 Å². The summed E-state index contributed by atoms with van der Waals surface area (Å²) >= 11 is 3.33. The summed E-state index contributed by atoms with van der Waals surface area (Å²) in [4.78, 5) is 19.4. The van der Waals surface area contributed by atoms with Crippen molar-refractivity contribution in [2.45, 2.75) is 29.1 Å². The number of rotatable bonds is 6. The van der Waals surface area contributed by atoms with Crippen LogP contribution in [0.5, 0.6) is 0 Å². The fraction of sp³-hybridized carbons (Fsp3) is 0.167. The molecule has 1 aromatic heterocycles. The topological polar surface area (TPSA) is 34.9 Å². The highest BCUT2D eigenvalue weighted by Crippen LogP contribution is 2.26. The van der Waals surface area contributed by atoms with E-state index in [9.17, 15) is 4.79 Å². The zero-order chi connectivity index (χ0) is 20.2. The van der Waals surface area contributed by atoms with Crippen molar-refractivity contribution in [2.24, 2.45) is 0 Å². The van der Waals surface area contributed by atoms with Gasteiger partial charge >= 0.3 is 0 Å². The number of hydrogen-bond donors (Lipinski definition) is 0. The molecule has 4 aromatic rings. The van der Waals surface area contributed by atoms with E-state index in [-0.39, 0.29) is 5.56 Å². The maximum Gasteiger partial charge on any atom is 0.266 e. The van der Waals surface area contributed by atoms with Crippen molar-refractivity contribution < 1.29 is 0 Å². The van der Waals surface area contributed by atoms with Crippen LogP contribution in [0, 0.1) is 0 Å². The summed E-state index contributed by atoms with van der Waals surface area (Å²) < 4.78 is 1.74. The molecule has 0 aliphatic carbocycles. The Hall–Kier alpha value is -2.50. The van der Waals surface area contributed by atoms with Gasteiger partial charge in [-0.2, -0.15) is 0 Å². The zero-order valence-electron chi connectivity index (χ0n) is 16.5. The van der Waals surface area contributed by atoms with Crippen LogP contribution in [0.15, 0.2) is 87.6 Å². The molecule has 0 saturated carbocycles. The first kappa shape index (κ1) is 19.8. The third kappa shape index (κ3) is 4.26. The Morgan fingerprint density at radius 3 is 2.28 bits per heavy atom. The standard InChI is InChI=1S/C24H22N2OS2/c1-3-17-8-12-19(13-9-17)26-23(27)21-6-4-5-7-22(21)25-24(26)29-16-18-10-14-20(28-2)15-11-18/h4-15H,3,16H2,1-2H3. The van der Waals surface area contributed by atoms with E-state index < -0.39 is 0 Å². The van der Waals surface area contributed by atoms with Crippen molar-refractivity contribution >= 4 is 34.4 Å². The Bertz CT molecular complexity index is 1180. The molecule has 5 heteroatoms. The van der Waals surface area contributed by atoms with Gasteiger partial charge in [0.1, 0.15) is 0 Å². The molecule has 0 bridgehead atoms. The Labute approximate surface area is 179 Å². The summed E-state index contributed by atoms with van der Waals surface area (Å²) in [5.74, 6) is 0.756. The van der Waals surface area contributed by atoms with E-state index in [4.69, 9.17) is 4.98 Å². The van der Waals surface area contributed by atoms with Crippen LogP contribution in [0.3, 0.4) is 0 Å². The van der Waals surface area contributed by atoms with Crippen LogP contribution in [-0.2, 0) is 12.2 Å². The number of para-hydroxylation sites is 1. The van der Waals surface area contributed by atoms with Crippen LogP contribution in [0.25, 0.3) is 16.6 Å². The minimum atomic E-state index is -0.0277. The van der Waals surface area contributed by atoms with E-state index in [0.29, 0.717) is 10.5 Å². The Balaban J connectivity index is 1.76. The monoisotopic (exact) mass is 418 g/mol. The first-order valence-corrected chi connectivity index (χ1v) is 11.8. The summed E-state index contributed by atoms with van der Waals surface area (Å²) in [6.45, 7) is 2.13. The lowest BCUT2D eigenvalue weighted by molar-refractivity contribution is 0.819. The highest BCUT2D eigenvalue weighted by atomic mass is 32.2. The molecule has 29 heavy (non-hydrogen) atoms. The predicted molar refractivity (Wildman–Crippen MR) is 125 cm³/mol. The number of fused-ring (bicyclic) bond motifs is 1. The smallest absolute Gasteiger partial charge is 0.266 e. The summed E-state index contributed by atoms with van der Waals surface area (Å²) in [6, 6.07) is 24.3. The zero-order valence-corrected chi connectivity index (χ0v) is 18.1. The summed E-state index contributed by atoms with van der Waals surface area (Å²) in [5.41, 5.74) is 4.02. The van der Waals surface area contributed by atoms with E-state index in [2.05, 4.69) is 49.6 Å². The lowest BCUT2D eigenvalue weighted by Gasteiger charge is -2.14. The van der Waals surface area contributed by atoms with Crippen LogP contribution >= 0.6 is 23.5 Å². The Kier molecular flexibility index (Phi) is 6.07. The molecule has 0 amide bonds. The molecule has 0 N–H and O–H groups in total. The molecule has 0 radical (unpaired) electrons. The Morgan fingerprint density at radius 1 is 0.897 bits per heavy atom. The molecule has 3 nitrogen and oxygen atoms in total. The lowest BCUT2D eigenvalue weighted by atomic mass is 10.1. The van der Waals surface area contributed by atoms with E-state index in [1.807, 2.05) is 36.4 Å². The molecule has 0 spiro atoms. The van der Waals surface area contributed by atoms with Crippen molar-refractivity contribution in [3.63, 3.8) is 0 Å². The molecule has 0 unspecified atom stereocenters. The van der Waals surface area contributed by atoms with Gasteiger partial charge in [0.2, 0.25) is 0 Å². The summed E-state index contributed by atoms with van der Waals surface area (Å²) in [5, 5.41) is 1.35. The van der Waals surface area contributed by atoms with Crippen molar-refractivity contribution in [2.75, 3.05) is 6.26 Å². The summed E-state index contributed by atoms with van der Waals surface area (Å²) in [7, 11) is 0. The van der Waals surface area contributed by atoms with Gasteiger partial charge in [-0.25, -0.2) is 4.98 Å². The quantitative estimate of drug-likeness (QED) is 0.286. The Morgan fingerprint density at radius 2 is 1.59 bits per heavy atom. The third-order valence-electron chi connectivity index (χ3n) is 4.87. The molecule has 3 aromatic carbocycles. The molecule has 0 saturated heterocycles. The number of hydrogen-bond acceptors (Lipinski definition) is 4. The van der Waals surface area contributed by atoms with Gasteiger partial charge in [0, 0.05) is 10.6 Å². The highest BCUT2D eigenvalue weighted by molar-refractivity contribution is 7.98.